The summed E-state index contributed by atoms with van der Waals surface area (Å²) in [6.07, 6.45) is 15.8. The van der Waals surface area contributed by atoms with Crippen LogP contribution in [0.1, 0.15) is 76.8 Å². The Morgan fingerprint density at radius 3 is 2.50 bits per heavy atom. The summed E-state index contributed by atoms with van der Waals surface area (Å²) < 4.78 is 2.11. The molecule has 1 fully saturated rings. The van der Waals surface area contributed by atoms with Crippen LogP contribution in [0.3, 0.4) is 0 Å². The molecule has 3 heteroatoms. The van der Waals surface area contributed by atoms with Gasteiger partial charge in [0.05, 0.1) is 5.69 Å². The Morgan fingerprint density at radius 2 is 1.80 bits per heavy atom. The van der Waals surface area contributed by atoms with Gasteiger partial charge in [-0.05, 0) is 25.3 Å². The predicted octanol–water partition coefficient (Wildman–Crippen LogP) is 4.28. The number of rotatable bonds is 12. The fraction of sp³-hybridized carbons (Fsp3) is 0.824. The predicted molar refractivity (Wildman–Crippen MR) is 84.7 cm³/mol. The fourth-order valence-corrected chi connectivity index (χ4v) is 2.57. The molecule has 0 unspecified atom stereocenters. The summed E-state index contributed by atoms with van der Waals surface area (Å²) in [4.78, 5) is 0. The van der Waals surface area contributed by atoms with Crippen LogP contribution in [0.4, 0.5) is 0 Å². The summed E-state index contributed by atoms with van der Waals surface area (Å²) in [7, 11) is 0. The van der Waals surface area contributed by atoms with E-state index in [1.807, 2.05) is 0 Å². The molecule has 2 rings (SSSR count). The van der Waals surface area contributed by atoms with Gasteiger partial charge in [-0.2, -0.15) is 5.10 Å². The molecule has 0 saturated heterocycles. The van der Waals surface area contributed by atoms with Crippen molar-refractivity contribution in [2.45, 2.75) is 90.3 Å². The second-order valence-electron chi connectivity index (χ2n) is 6.20. The summed E-state index contributed by atoms with van der Waals surface area (Å²) >= 11 is 0. The minimum Gasteiger partial charge on any atom is -0.308 e. The highest BCUT2D eigenvalue weighted by Crippen LogP contribution is 2.19. The van der Waals surface area contributed by atoms with Crippen molar-refractivity contribution in [2.75, 3.05) is 0 Å². The smallest absolute Gasteiger partial charge is 0.0762 e. The van der Waals surface area contributed by atoms with Gasteiger partial charge in [0, 0.05) is 25.3 Å². The molecule has 0 bridgehead atoms. The van der Waals surface area contributed by atoms with E-state index in [1.54, 1.807) is 0 Å². The van der Waals surface area contributed by atoms with Crippen LogP contribution in [-0.2, 0) is 13.1 Å². The molecule has 0 radical (unpaired) electrons. The van der Waals surface area contributed by atoms with E-state index in [1.165, 1.54) is 69.9 Å². The van der Waals surface area contributed by atoms with Crippen molar-refractivity contribution in [3.8, 4) is 0 Å². The zero-order valence-electron chi connectivity index (χ0n) is 13.1. The maximum absolute atomic E-state index is 4.62. The van der Waals surface area contributed by atoms with Gasteiger partial charge in [-0.15, -0.1) is 0 Å². The summed E-state index contributed by atoms with van der Waals surface area (Å²) in [5, 5.41) is 8.13. The highest BCUT2D eigenvalue weighted by Gasteiger charge is 2.20. The van der Waals surface area contributed by atoms with E-state index in [2.05, 4.69) is 34.3 Å². The second-order valence-corrected chi connectivity index (χ2v) is 6.20. The number of aryl methyl sites for hydroxylation is 1. The number of hydrogen-bond donors (Lipinski definition) is 1. The van der Waals surface area contributed by atoms with Crippen molar-refractivity contribution >= 4 is 0 Å². The summed E-state index contributed by atoms with van der Waals surface area (Å²) in [6.45, 7) is 4.30. The van der Waals surface area contributed by atoms with Crippen molar-refractivity contribution < 1.29 is 0 Å². The lowest BCUT2D eigenvalue weighted by atomic mass is 10.1. The molecule has 0 atom stereocenters. The van der Waals surface area contributed by atoms with Gasteiger partial charge in [0.2, 0.25) is 0 Å². The van der Waals surface area contributed by atoms with Crippen molar-refractivity contribution in [3.63, 3.8) is 0 Å². The van der Waals surface area contributed by atoms with E-state index in [9.17, 15) is 0 Å². The van der Waals surface area contributed by atoms with Gasteiger partial charge in [-0.1, -0.05) is 51.9 Å². The van der Waals surface area contributed by atoms with Crippen LogP contribution in [0, 0.1) is 0 Å². The van der Waals surface area contributed by atoms with Gasteiger partial charge >= 0.3 is 0 Å². The first-order valence-corrected chi connectivity index (χ1v) is 8.64. The van der Waals surface area contributed by atoms with E-state index in [4.69, 9.17) is 0 Å². The Hall–Kier alpha value is -0.830. The lowest BCUT2D eigenvalue weighted by molar-refractivity contribution is 0.515. The third-order valence-electron chi connectivity index (χ3n) is 4.09. The maximum atomic E-state index is 4.62. The first-order chi connectivity index (χ1) is 9.88. The Labute approximate surface area is 124 Å². The maximum Gasteiger partial charge on any atom is 0.0762 e. The molecule has 20 heavy (non-hydrogen) atoms. The molecule has 0 amide bonds. The summed E-state index contributed by atoms with van der Waals surface area (Å²) in [6, 6.07) is 2.92. The number of nitrogens with one attached hydrogen (secondary N) is 1. The van der Waals surface area contributed by atoms with Crippen LogP contribution in [-0.4, -0.2) is 15.8 Å². The van der Waals surface area contributed by atoms with Crippen LogP contribution >= 0.6 is 0 Å². The minimum atomic E-state index is 0.771. The second kappa shape index (κ2) is 9.17. The normalized spacial score (nSPS) is 14.8. The molecule has 1 saturated carbocycles. The molecule has 1 aliphatic rings. The number of nitrogens with zero attached hydrogens (tertiary/aromatic N) is 2. The zero-order chi connectivity index (χ0) is 14.0. The molecule has 1 aromatic heterocycles. The van der Waals surface area contributed by atoms with Gasteiger partial charge in [0.15, 0.2) is 0 Å². The molecule has 1 aromatic rings. The van der Waals surface area contributed by atoms with Crippen LogP contribution < -0.4 is 5.32 Å². The molecule has 1 N–H and O–H groups in total. The Balaban J connectivity index is 1.46. The highest BCUT2D eigenvalue weighted by molar-refractivity contribution is 4.99. The molecule has 3 nitrogen and oxygen atoms in total. The van der Waals surface area contributed by atoms with Gasteiger partial charge in [0.1, 0.15) is 0 Å². The Kier molecular flexibility index (Phi) is 7.13. The fourth-order valence-electron chi connectivity index (χ4n) is 2.57. The Morgan fingerprint density at radius 1 is 1.10 bits per heavy atom. The van der Waals surface area contributed by atoms with E-state index in [0.717, 1.165) is 19.1 Å². The molecule has 1 aliphatic carbocycles. The summed E-state index contributed by atoms with van der Waals surface area (Å²) in [5.41, 5.74) is 1.19. The highest BCUT2D eigenvalue weighted by atomic mass is 15.3. The van der Waals surface area contributed by atoms with Crippen molar-refractivity contribution in [1.29, 1.82) is 0 Å². The van der Waals surface area contributed by atoms with Gasteiger partial charge < -0.3 is 5.32 Å². The van der Waals surface area contributed by atoms with Crippen molar-refractivity contribution in [1.82, 2.24) is 15.1 Å². The number of aromatic nitrogens is 2. The molecule has 0 spiro atoms. The molecule has 114 valence electrons. The molecule has 0 aliphatic heterocycles. The standard InChI is InChI=1S/C17H31N3/c1-2-3-4-5-6-7-8-9-13-20-14-12-17(19-20)15-18-16-10-11-16/h12,14,16,18H,2-11,13,15H2,1H3. The topological polar surface area (TPSA) is 29.9 Å². The molecular formula is C17H31N3. The van der Waals surface area contributed by atoms with Gasteiger partial charge in [0.25, 0.3) is 0 Å². The van der Waals surface area contributed by atoms with Gasteiger partial charge in [-0.25, -0.2) is 0 Å². The first kappa shape index (κ1) is 15.6. The van der Waals surface area contributed by atoms with E-state index in [-0.39, 0.29) is 0 Å². The van der Waals surface area contributed by atoms with Crippen LogP contribution in [0.2, 0.25) is 0 Å². The molecule has 0 aromatic carbocycles. The van der Waals surface area contributed by atoms with Crippen LogP contribution in [0.25, 0.3) is 0 Å². The summed E-state index contributed by atoms with van der Waals surface area (Å²) in [5.74, 6) is 0. The number of hydrogen-bond acceptors (Lipinski definition) is 2. The van der Waals surface area contributed by atoms with Crippen molar-refractivity contribution in [2.24, 2.45) is 0 Å². The van der Waals surface area contributed by atoms with Crippen molar-refractivity contribution in [3.05, 3.63) is 18.0 Å². The van der Waals surface area contributed by atoms with Crippen LogP contribution in [0.5, 0.6) is 0 Å². The average molecular weight is 277 g/mol. The molecular weight excluding hydrogens is 246 g/mol. The van der Waals surface area contributed by atoms with Gasteiger partial charge in [-0.3, -0.25) is 4.68 Å². The quantitative estimate of drug-likeness (QED) is 0.578. The molecule has 1 heterocycles. The Bertz CT molecular complexity index is 355. The van der Waals surface area contributed by atoms with E-state index < -0.39 is 0 Å². The van der Waals surface area contributed by atoms with E-state index in [0.29, 0.717) is 0 Å². The zero-order valence-corrected chi connectivity index (χ0v) is 13.1. The third-order valence-corrected chi connectivity index (χ3v) is 4.09. The lowest BCUT2D eigenvalue weighted by Crippen LogP contribution is -2.15. The van der Waals surface area contributed by atoms with E-state index >= 15 is 0 Å². The third kappa shape index (κ3) is 6.56. The van der Waals surface area contributed by atoms with Crippen LogP contribution in [0.15, 0.2) is 12.3 Å². The average Bonchev–Trinajstić information content (AvgIpc) is 3.18. The largest absolute Gasteiger partial charge is 0.308 e. The minimum absolute atomic E-state index is 0.771. The SMILES string of the molecule is CCCCCCCCCCn1ccc(CNC2CC2)n1. The first-order valence-electron chi connectivity index (χ1n) is 8.64. The number of unbranched alkanes of at least 4 members (excludes halogenated alkanes) is 7. The monoisotopic (exact) mass is 277 g/mol. The lowest BCUT2D eigenvalue weighted by Gasteiger charge is -2.03.